The summed E-state index contributed by atoms with van der Waals surface area (Å²) in [5, 5.41) is 0. The molecule has 0 aromatic heterocycles. The van der Waals surface area contributed by atoms with Crippen molar-refractivity contribution in [1.82, 2.24) is 0 Å². The van der Waals surface area contributed by atoms with Gasteiger partial charge >= 0.3 is 0 Å². The Bertz CT molecular complexity index is 340. The first kappa shape index (κ1) is 8.38. The van der Waals surface area contributed by atoms with Gasteiger partial charge in [-0.25, -0.2) is 0 Å². The molecule has 1 amide bonds. The van der Waals surface area contributed by atoms with Gasteiger partial charge in [0.25, 0.3) is 0 Å². The Labute approximate surface area is 80.9 Å². The predicted molar refractivity (Wildman–Crippen MR) is 50.1 cm³/mol. The normalized spacial score (nSPS) is 13.8. The molecule has 0 saturated carbocycles. The van der Waals surface area contributed by atoms with Crippen molar-refractivity contribution in [3.8, 4) is 5.75 Å². The number of hydrogen-bond donors (Lipinski definition) is 0. The minimum Gasteiger partial charge on any atom is -0.470 e. The Morgan fingerprint density at radius 3 is 3.08 bits per heavy atom. The quantitative estimate of drug-likeness (QED) is 0.641. The minimum atomic E-state index is -0.133. The summed E-state index contributed by atoms with van der Waals surface area (Å²) in [5.41, 5.74) is 0.799. The van der Waals surface area contributed by atoms with Crippen molar-refractivity contribution in [2.75, 3.05) is 17.5 Å². The van der Waals surface area contributed by atoms with Crippen molar-refractivity contribution in [1.29, 1.82) is 0 Å². The SMILES string of the molecule is O=C(CCl)N1COc2ccccc21. The van der Waals surface area contributed by atoms with E-state index in [1.807, 2.05) is 24.3 Å². The van der Waals surface area contributed by atoms with Crippen LogP contribution in [0.4, 0.5) is 5.69 Å². The number of fused-ring (bicyclic) bond motifs is 1. The average molecular weight is 198 g/mol. The average Bonchev–Trinajstić information content (AvgIpc) is 2.60. The molecule has 3 nitrogen and oxygen atoms in total. The van der Waals surface area contributed by atoms with Crippen LogP contribution in [0.2, 0.25) is 0 Å². The molecular formula is C9H8ClNO2. The maximum absolute atomic E-state index is 11.3. The molecule has 0 bridgehead atoms. The van der Waals surface area contributed by atoms with Crippen molar-refractivity contribution >= 4 is 23.2 Å². The number of nitrogens with zero attached hydrogens (tertiary/aromatic N) is 1. The molecule has 1 aromatic carbocycles. The second kappa shape index (κ2) is 3.26. The van der Waals surface area contributed by atoms with E-state index in [4.69, 9.17) is 16.3 Å². The Morgan fingerprint density at radius 1 is 1.54 bits per heavy atom. The highest BCUT2D eigenvalue weighted by Gasteiger charge is 2.24. The number of benzene rings is 1. The van der Waals surface area contributed by atoms with Gasteiger partial charge in [0.1, 0.15) is 11.6 Å². The molecular weight excluding hydrogens is 190 g/mol. The van der Waals surface area contributed by atoms with Gasteiger partial charge in [-0.15, -0.1) is 11.6 Å². The van der Waals surface area contributed by atoms with Gasteiger partial charge in [0.2, 0.25) is 5.91 Å². The van der Waals surface area contributed by atoms with Gasteiger partial charge in [0.15, 0.2) is 6.73 Å². The van der Waals surface area contributed by atoms with Crippen LogP contribution in [0.5, 0.6) is 5.75 Å². The molecule has 0 atom stereocenters. The van der Waals surface area contributed by atoms with Crippen molar-refractivity contribution in [3.05, 3.63) is 24.3 Å². The maximum atomic E-state index is 11.3. The summed E-state index contributed by atoms with van der Waals surface area (Å²) in [6.45, 7) is 0.269. The van der Waals surface area contributed by atoms with Crippen molar-refractivity contribution < 1.29 is 9.53 Å². The van der Waals surface area contributed by atoms with Crippen LogP contribution in [-0.4, -0.2) is 18.5 Å². The van der Waals surface area contributed by atoms with E-state index < -0.39 is 0 Å². The number of ether oxygens (including phenoxy) is 1. The van der Waals surface area contributed by atoms with Gasteiger partial charge in [-0.05, 0) is 12.1 Å². The molecule has 1 aliphatic heterocycles. The third-order valence-electron chi connectivity index (χ3n) is 1.92. The smallest absolute Gasteiger partial charge is 0.244 e. The third-order valence-corrected chi connectivity index (χ3v) is 2.15. The van der Waals surface area contributed by atoms with E-state index in [1.165, 1.54) is 4.90 Å². The van der Waals surface area contributed by atoms with Crippen molar-refractivity contribution in [2.24, 2.45) is 0 Å². The number of alkyl halides is 1. The van der Waals surface area contributed by atoms with Gasteiger partial charge in [-0.2, -0.15) is 0 Å². The highest BCUT2D eigenvalue weighted by molar-refractivity contribution is 6.29. The molecule has 1 aliphatic rings. The Morgan fingerprint density at radius 2 is 2.31 bits per heavy atom. The van der Waals surface area contributed by atoms with Gasteiger partial charge in [-0.1, -0.05) is 12.1 Å². The van der Waals surface area contributed by atoms with Crippen LogP contribution in [0, 0.1) is 0 Å². The molecule has 0 radical (unpaired) electrons. The van der Waals surface area contributed by atoms with E-state index in [-0.39, 0.29) is 18.5 Å². The lowest BCUT2D eigenvalue weighted by molar-refractivity contribution is -0.116. The summed E-state index contributed by atoms with van der Waals surface area (Å²) in [6, 6.07) is 7.40. The topological polar surface area (TPSA) is 29.5 Å². The molecule has 1 aromatic rings. The zero-order chi connectivity index (χ0) is 9.26. The standard InChI is InChI=1S/C9H8ClNO2/c10-5-9(12)11-6-13-8-4-2-1-3-7(8)11/h1-4H,5-6H2. The minimum absolute atomic E-state index is 0.0162. The Kier molecular flexibility index (Phi) is 2.10. The molecule has 1 heterocycles. The Hall–Kier alpha value is -1.22. The van der Waals surface area contributed by atoms with Crippen LogP contribution in [-0.2, 0) is 4.79 Å². The Balaban J connectivity index is 2.33. The highest BCUT2D eigenvalue weighted by Crippen LogP contribution is 2.33. The summed E-state index contributed by atoms with van der Waals surface area (Å²) < 4.78 is 5.28. The summed E-state index contributed by atoms with van der Waals surface area (Å²) >= 11 is 5.45. The first-order valence-electron chi connectivity index (χ1n) is 3.91. The number of carbonyl (C=O) groups excluding carboxylic acids is 1. The van der Waals surface area contributed by atoms with Gasteiger partial charge in [0.05, 0.1) is 5.69 Å². The molecule has 2 rings (SSSR count). The molecule has 0 fully saturated rings. The van der Waals surface area contributed by atoms with E-state index in [0.717, 1.165) is 11.4 Å². The lowest BCUT2D eigenvalue weighted by Gasteiger charge is -2.11. The van der Waals surface area contributed by atoms with E-state index >= 15 is 0 Å². The molecule has 68 valence electrons. The predicted octanol–water partition coefficient (Wildman–Crippen LogP) is 1.61. The van der Waals surface area contributed by atoms with E-state index in [0.29, 0.717) is 0 Å². The van der Waals surface area contributed by atoms with Crippen molar-refractivity contribution in [3.63, 3.8) is 0 Å². The summed E-state index contributed by atoms with van der Waals surface area (Å²) in [6.07, 6.45) is 0. The second-order valence-corrected chi connectivity index (χ2v) is 2.96. The highest BCUT2D eigenvalue weighted by atomic mass is 35.5. The number of halogens is 1. The molecule has 0 spiro atoms. The largest absolute Gasteiger partial charge is 0.470 e. The fourth-order valence-corrected chi connectivity index (χ4v) is 1.43. The molecule has 0 aliphatic carbocycles. The number of rotatable bonds is 1. The van der Waals surface area contributed by atoms with Gasteiger partial charge in [-0.3, -0.25) is 9.69 Å². The number of amides is 1. The summed E-state index contributed by atoms with van der Waals surface area (Å²) in [5.74, 6) is 0.588. The number of hydrogen-bond acceptors (Lipinski definition) is 2. The van der Waals surface area contributed by atoms with E-state index in [9.17, 15) is 4.79 Å². The van der Waals surface area contributed by atoms with E-state index in [2.05, 4.69) is 0 Å². The van der Waals surface area contributed by atoms with Gasteiger partial charge < -0.3 is 4.74 Å². The zero-order valence-corrected chi connectivity index (χ0v) is 7.62. The van der Waals surface area contributed by atoms with E-state index in [1.54, 1.807) is 0 Å². The zero-order valence-electron chi connectivity index (χ0n) is 6.87. The van der Waals surface area contributed by atoms with Crippen LogP contribution in [0.3, 0.4) is 0 Å². The van der Waals surface area contributed by atoms with Crippen LogP contribution in [0.15, 0.2) is 24.3 Å². The fourth-order valence-electron chi connectivity index (χ4n) is 1.28. The van der Waals surface area contributed by atoms with Crippen LogP contribution < -0.4 is 9.64 Å². The molecule has 0 saturated heterocycles. The first-order chi connectivity index (χ1) is 6.33. The number of carbonyl (C=O) groups is 1. The molecule has 0 N–H and O–H groups in total. The first-order valence-corrected chi connectivity index (χ1v) is 4.44. The lowest BCUT2D eigenvalue weighted by atomic mass is 10.3. The second-order valence-electron chi connectivity index (χ2n) is 2.70. The third kappa shape index (κ3) is 1.35. The molecule has 0 unspecified atom stereocenters. The fraction of sp³-hybridized carbons (Fsp3) is 0.222. The van der Waals surface area contributed by atoms with Crippen molar-refractivity contribution in [2.45, 2.75) is 0 Å². The van der Waals surface area contributed by atoms with Gasteiger partial charge in [0, 0.05) is 0 Å². The maximum Gasteiger partial charge on any atom is 0.244 e. The van der Waals surface area contributed by atoms with Crippen LogP contribution in [0.1, 0.15) is 0 Å². The summed E-state index contributed by atoms with van der Waals surface area (Å²) in [4.78, 5) is 12.8. The number of para-hydroxylation sites is 2. The lowest BCUT2D eigenvalue weighted by Crippen LogP contribution is -2.30. The molecule has 4 heteroatoms. The van der Waals surface area contributed by atoms with Crippen LogP contribution >= 0.6 is 11.6 Å². The number of anilines is 1. The summed E-state index contributed by atoms with van der Waals surface area (Å²) in [7, 11) is 0. The monoisotopic (exact) mass is 197 g/mol. The van der Waals surface area contributed by atoms with Crippen LogP contribution in [0.25, 0.3) is 0 Å². The molecule has 13 heavy (non-hydrogen) atoms.